The Labute approximate surface area is 103 Å². The lowest BCUT2D eigenvalue weighted by Crippen LogP contribution is -2.06. The van der Waals surface area contributed by atoms with Crippen molar-refractivity contribution in [3.8, 4) is 11.5 Å². The third kappa shape index (κ3) is 3.04. The maximum absolute atomic E-state index is 12.9. The minimum Gasteiger partial charge on any atom is -0.455 e. The summed E-state index contributed by atoms with van der Waals surface area (Å²) >= 11 is 0. The number of ether oxygens (including phenoxy) is 1. The molecular weight excluding hydrogens is 235 g/mol. The summed E-state index contributed by atoms with van der Waals surface area (Å²) in [5.41, 5.74) is 0.530. The molecule has 0 aliphatic rings. The lowest BCUT2D eigenvalue weighted by molar-refractivity contribution is -0.114. The van der Waals surface area contributed by atoms with Crippen molar-refractivity contribution < 1.29 is 13.9 Å². The maximum Gasteiger partial charge on any atom is 0.221 e. The fourth-order valence-electron chi connectivity index (χ4n) is 1.42. The van der Waals surface area contributed by atoms with Crippen LogP contribution in [0.4, 0.5) is 10.1 Å². The van der Waals surface area contributed by atoms with E-state index in [2.05, 4.69) is 10.3 Å². The van der Waals surface area contributed by atoms with E-state index in [1.807, 2.05) is 0 Å². The Morgan fingerprint density at radius 3 is 2.83 bits per heavy atom. The van der Waals surface area contributed by atoms with Crippen molar-refractivity contribution in [2.24, 2.45) is 0 Å². The molecule has 0 aliphatic heterocycles. The number of nitrogens with zero attached hydrogens (tertiary/aromatic N) is 1. The molecule has 92 valence electrons. The van der Waals surface area contributed by atoms with E-state index in [0.29, 0.717) is 17.2 Å². The molecule has 0 unspecified atom stereocenters. The first-order valence-electron chi connectivity index (χ1n) is 5.31. The molecule has 1 N–H and O–H groups in total. The largest absolute Gasteiger partial charge is 0.455 e. The first kappa shape index (κ1) is 12.0. The number of rotatable bonds is 3. The number of nitrogens with one attached hydrogen (secondary N) is 1. The topological polar surface area (TPSA) is 51.2 Å². The number of aromatic nitrogens is 1. The van der Waals surface area contributed by atoms with E-state index < -0.39 is 5.95 Å². The third-order valence-electron chi connectivity index (χ3n) is 2.12. The van der Waals surface area contributed by atoms with Crippen molar-refractivity contribution in [3.05, 3.63) is 48.5 Å². The quantitative estimate of drug-likeness (QED) is 0.847. The highest BCUT2D eigenvalue weighted by molar-refractivity contribution is 5.90. The summed E-state index contributed by atoms with van der Waals surface area (Å²) in [6, 6.07) is 9.62. The molecule has 0 saturated heterocycles. The molecule has 0 aliphatic carbocycles. The zero-order chi connectivity index (χ0) is 13.0. The minimum absolute atomic E-state index is 0.202. The minimum atomic E-state index is -0.621. The van der Waals surface area contributed by atoms with E-state index in [4.69, 9.17) is 4.74 Å². The monoisotopic (exact) mass is 246 g/mol. The number of anilines is 1. The molecule has 0 spiro atoms. The SMILES string of the molecule is CC(=O)Nc1ccccc1Oc1ccnc(F)c1. The second kappa shape index (κ2) is 5.27. The van der Waals surface area contributed by atoms with Crippen LogP contribution in [0.25, 0.3) is 0 Å². The molecule has 2 rings (SSSR count). The number of hydrogen-bond acceptors (Lipinski definition) is 3. The zero-order valence-corrected chi connectivity index (χ0v) is 9.68. The van der Waals surface area contributed by atoms with Gasteiger partial charge in [-0.15, -0.1) is 0 Å². The lowest BCUT2D eigenvalue weighted by Gasteiger charge is -2.10. The molecule has 18 heavy (non-hydrogen) atoms. The Hall–Kier alpha value is -2.43. The average molecular weight is 246 g/mol. The molecule has 0 bridgehead atoms. The van der Waals surface area contributed by atoms with Gasteiger partial charge in [0.25, 0.3) is 0 Å². The van der Waals surface area contributed by atoms with Gasteiger partial charge in [-0.05, 0) is 18.2 Å². The van der Waals surface area contributed by atoms with Crippen LogP contribution in [0.2, 0.25) is 0 Å². The van der Waals surface area contributed by atoms with Crippen molar-refractivity contribution in [1.82, 2.24) is 4.98 Å². The van der Waals surface area contributed by atoms with Gasteiger partial charge in [-0.25, -0.2) is 4.98 Å². The molecule has 1 heterocycles. The predicted molar refractivity (Wildman–Crippen MR) is 65.0 cm³/mol. The molecule has 0 atom stereocenters. The number of carbonyl (C=O) groups excluding carboxylic acids is 1. The van der Waals surface area contributed by atoms with E-state index in [0.717, 1.165) is 0 Å². The smallest absolute Gasteiger partial charge is 0.221 e. The zero-order valence-electron chi connectivity index (χ0n) is 9.68. The maximum atomic E-state index is 12.9. The molecule has 1 aromatic carbocycles. The van der Waals surface area contributed by atoms with Crippen molar-refractivity contribution in [1.29, 1.82) is 0 Å². The standard InChI is InChI=1S/C13H11FN2O2/c1-9(17)16-11-4-2-3-5-12(11)18-10-6-7-15-13(14)8-10/h2-8H,1H3,(H,16,17). The van der Waals surface area contributed by atoms with Crippen LogP contribution in [-0.2, 0) is 4.79 Å². The summed E-state index contributed by atoms with van der Waals surface area (Å²) in [7, 11) is 0. The van der Waals surface area contributed by atoms with Gasteiger partial charge in [0.1, 0.15) is 5.75 Å². The van der Waals surface area contributed by atoms with Gasteiger partial charge in [0, 0.05) is 19.2 Å². The number of hydrogen-bond donors (Lipinski definition) is 1. The van der Waals surface area contributed by atoms with E-state index in [9.17, 15) is 9.18 Å². The van der Waals surface area contributed by atoms with Crippen LogP contribution in [0, 0.1) is 5.95 Å². The Morgan fingerprint density at radius 1 is 1.33 bits per heavy atom. The van der Waals surface area contributed by atoms with Gasteiger partial charge in [0.2, 0.25) is 11.9 Å². The fraction of sp³-hybridized carbons (Fsp3) is 0.0769. The molecule has 0 radical (unpaired) electrons. The number of carbonyl (C=O) groups is 1. The normalized spacial score (nSPS) is 9.89. The second-order valence-electron chi connectivity index (χ2n) is 3.59. The lowest BCUT2D eigenvalue weighted by atomic mass is 10.3. The van der Waals surface area contributed by atoms with E-state index >= 15 is 0 Å². The second-order valence-corrected chi connectivity index (χ2v) is 3.59. The summed E-state index contributed by atoms with van der Waals surface area (Å²) in [4.78, 5) is 14.5. The predicted octanol–water partition coefficient (Wildman–Crippen LogP) is 2.97. The molecule has 0 fully saturated rings. The van der Waals surface area contributed by atoms with Crippen molar-refractivity contribution in [2.75, 3.05) is 5.32 Å². The van der Waals surface area contributed by atoms with Gasteiger partial charge in [-0.2, -0.15) is 4.39 Å². The molecule has 1 amide bonds. The van der Waals surface area contributed by atoms with Crippen molar-refractivity contribution in [2.45, 2.75) is 6.92 Å². The molecule has 4 nitrogen and oxygen atoms in total. The van der Waals surface area contributed by atoms with Gasteiger partial charge in [0.05, 0.1) is 5.69 Å². The Kier molecular flexibility index (Phi) is 3.52. The molecule has 2 aromatic rings. The highest BCUT2D eigenvalue weighted by Crippen LogP contribution is 2.29. The first-order chi connectivity index (χ1) is 8.65. The number of para-hydroxylation sites is 2. The van der Waals surface area contributed by atoms with Crippen molar-refractivity contribution >= 4 is 11.6 Å². The average Bonchev–Trinajstić information content (AvgIpc) is 2.31. The van der Waals surface area contributed by atoms with Gasteiger partial charge in [0.15, 0.2) is 5.75 Å². The number of benzene rings is 1. The number of halogens is 1. The van der Waals surface area contributed by atoms with Crippen LogP contribution in [0.5, 0.6) is 11.5 Å². The summed E-state index contributed by atoms with van der Waals surface area (Å²) in [6.45, 7) is 1.41. The summed E-state index contributed by atoms with van der Waals surface area (Å²) in [6.07, 6.45) is 1.31. The Bertz CT molecular complexity index is 572. The first-order valence-corrected chi connectivity index (χ1v) is 5.31. The molecule has 0 saturated carbocycles. The highest BCUT2D eigenvalue weighted by atomic mass is 19.1. The van der Waals surface area contributed by atoms with Gasteiger partial charge >= 0.3 is 0 Å². The van der Waals surface area contributed by atoms with Gasteiger partial charge < -0.3 is 10.1 Å². The molecule has 5 heteroatoms. The molecule has 1 aromatic heterocycles. The van der Waals surface area contributed by atoms with Crippen LogP contribution in [0.1, 0.15) is 6.92 Å². The molecular formula is C13H11FN2O2. The third-order valence-corrected chi connectivity index (χ3v) is 2.12. The number of amides is 1. The van der Waals surface area contributed by atoms with E-state index in [1.165, 1.54) is 25.3 Å². The fourth-order valence-corrected chi connectivity index (χ4v) is 1.42. The van der Waals surface area contributed by atoms with E-state index in [-0.39, 0.29) is 5.91 Å². The van der Waals surface area contributed by atoms with E-state index in [1.54, 1.807) is 24.3 Å². The van der Waals surface area contributed by atoms with Crippen LogP contribution in [-0.4, -0.2) is 10.9 Å². The summed E-state index contributed by atoms with van der Waals surface area (Å²) < 4.78 is 18.4. The van der Waals surface area contributed by atoms with Gasteiger partial charge in [-0.1, -0.05) is 12.1 Å². The van der Waals surface area contributed by atoms with Crippen LogP contribution in [0.15, 0.2) is 42.6 Å². The number of pyridine rings is 1. The van der Waals surface area contributed by atoms with Crippen LogP contribution < -0.4 is 10.1 Å². The van der Waals surface area contributed by atoms with Crippen molar-refractivity contribution in [3.63, 3.8) is 0 Å². The van der Waals surface area contributed by atoms with Gasteiger partial charge in [-0.3, -0.25) is 4.79 Å². The van der Waals surface area contributed by atoms with Crippen LogP contribution in [0.3, 0.4) is 0 Å². The Balaban J connectivity index is 2.26. The summed E-state index contributed by atoms with van der Waals surface area (Å²) in [5, 5.41) is 2.63. The van der Waals surface area contributed by atoms with Crippen LogP contribution >= 0.6 is 0 Å². The highest BCUT2D eigenvalue weighted by Gasteiger charge is 2.06. The summed E-state index contributed by atoms with van der Waals surface area (Å²) in [5.74, 6) is -0.0601. The Morgan fingerprint density at radius 2 is 2.11 bits per heavy atom.